The van der Waals surface area contributed by atoms with Gasteiger partial charge in [-0.2, -0.15) is 0 Å². The number of rotatable bonds is 8. The van der Waals surface area contributed by atoms with Crippen molar-refractivity contribution in [3.05, 3.63) is 108 Å². The largest absolute Gasteiger partial charge is 0.465 e. The van der Waals surface area contributed by atoms with Gasteiger partial charge in [0, 0.05) is 28.9 Å². The van der Waals surface area contributed by atoms with Gasteiger partial charge in [-0.25, -0.2) is 0 Å². The van der Waals surface area contributed by atoms with Crippen LogP contribution in [0.2, 0.25) is 0 Å². The Morgan fingerprint density at radius 1 is 0.722 bits per heavy atom. The number of carbonyl (C=O) groups is 4. The van der Waals surface area contributed by atoms with Gasteiger partial charge < -0.3 is 4.74 Å². The van der Waals surface area contributed by atoms with Gasteiger partial charge in [0.15, 0.2) is 11.6 Å². The van der Waals surface area contributed by atoms with Crippen LogP contribution in [0.1, 0.15) is 58.9 Å². The van der Waals surface area contributed by atoms with Crippen LogP contribution in [0, 0.1) is 17.3 Å². The molecule has 1 fully saturated rings. The Kier molecular flexibility index (Phi) is 7.58. The summed E-state index contributed by atoms with van der Waals surface area (Å²) in [6.07, 6.45) is -0.0138. The lowest BCUT2D eigenvalue weighted by Gasteiger charge is -2.45. The highest BCUT2D eigenvalue weighted by molar-refractivity contribution is 6.07. The maximum atomic E-state index is 14.0. The van der Waals surface area contributed by atoms with Crippen molar-refractivity contribution in [1.29, 1.82) is 0 Å². The summed E-state index contributed by atoms with van der Waals surface area (Å²) in [4.78, 5) is 54.5. The molecule has 0 radical (unpaired) electrons. The van der Waals surface area contributed by atoms with Crippen LogP contribution in [0.25, 0.3) is 0 Å². The van der Waals surface area contributed by atoms with E-state index in [2.05, 4.69) is 0 Å². The van der Waals surface area contributed by atoms with Crippen LogP contribution in [-0.4, -0.2) is 29.9 Å². The Morgan fingerprint density at radius 3 is 1.53 bits per heavy atom. The summed E-state index contributed by atoms with van der Waals surface area (Å²) in [6, 6.07) is 27.1. The third kappa shape index (κ3) is 4.78. The molecule has 0 aromatic heterocycles. The minimum atomic E-state index is -1.58. The first-order chi connectivity index (χ1) is 17.4. The second-order valence-corrected chi connectivity index (χ2v) is 9.38. The summed E-state index contributed by atoms with van der Waals surface area (Å²) < 4.78 is 5.37. The molecule has 4 rings (SSSR count). The van der Waals surface area contributed by atoms with Crippen LogP contribution in [-0.2, 0) is 14.3 Å². The molecule has 0 N–H and O–H groups in total. The number of Topliss-reactive ketones (excluding diaryl/α,β-unsaturated/α-hetero) is 3. The van der Waals surface area contributed by atoms with Crippen molar-refractivity contribution in [2.24, 2.45) is 17.3 Å². The third-order valence-electron chi connectivity index (χ3n) is 7.32. The molecule has 3 aromatic rings. The van der Waals surface area contributed by atoms with Gasteiger partial charge in [0.25, 0.3) is 0 Å². The van der Waals surface area contributed by atoms with Crippen LogP contribution < -0.4 is 0 Å². The van der Waals surface area contributed by atoms with Crippen LogP contribution in [0.3, 0.4) is 0 Å². The van der Waals surface area contributed by atoms with E-state index >= 15 is 0 Å². The van der Waals surface area contributed by atoms with Gasteiger partial charge >= 0.3 is 5.97 Å². The van der Waals surface area contributed by atoms with E-state index in [1.165, 1.54) is 6.92 Å². The van der Waals surface area contributed by atoms with E-state index in [0.29, 0.717) is 11.1 Å². The highest BCUT2D eigenvalue weighted by Gasteiger charge is 2.57. The summed E-state index contributed by atoms with van der Waals surface area (Å²) in [5.41, 5.74) is 0.225. The van der Waals surface area contributed by atoms with E-state index in [0.717, 1.165) is 5.56 Å². The van der Waals surface area contributed by atoms with E-state index < -0.39 is 29.1 Å². The number of hydrogen-bond acceptors (Lipinski definition) is 5. The zero-order valence-corrected chi connectivity index (χ0v) is 20.6. The third-order valence-corrected chi connectivity index (χ3v) is 7.32. The van der Waals surface area contributed by atoms with Gasteiger partial charge in [0.05, 0.1) is 6.61 Å². The Morgan fingerprint density at radius 2 is 1.14 bits per heavy atom. The summed E-state index contributed by atoms with van der Waals surface area (Å²) in [5, 5.41) is 0. The fourth-order valence-electron chi connectivity index (χ4n) is 5.52. The maximum absolute atomic E-state index is 14.0. The topological polar surface area (TPSA) is 77.5 Å². The predicted octanol–water partition coefficient (Wildman–Crippen LogP) is 5.70. The number of carbonyl (C=O) groups excluding carboxylic acids is 4. The molecule has 1 saturated carbocycles. The second kappa shape index (κ2) is 10.8. The van der Waals surface area contributed by atoms with Crippen molar-refractivity contribution >= 4 is 23.3 Å². The number of hydrogen-bond donors (Lipinski definition) is 0. The fraction of sp³-hybridized carbons (Fsp3) is 0.290. The van der Waals surface area contributed by atoms with Gasteiger partial charge in [0.1, 0.15) is 11.2 Å². The molecule has 0 heterocycles. The van der Waals surface area contributed by atoms with Crippen LogP contribution >= 0.6 is 0 Å². The summed E-state index contributed by atoms with van der Waals surface area (Å²) in [5.74, 6) is -3.47. The molecule has 2 atom stereocenters. The number of benzene rings is 3. The number of esters is 1. The first kappa shape index (κ1) is 25.2. The van der Waals surface area contributed by atoms with E-state index in [1.807, 2.05) is 42.5 Å². The van der Waals surface area contributed by atoms with Gasteiger partial charge in [-0.05, 0) is 32.3 Å². The smallest absolute Gasteiger partial charge is 0.319 e. The van der Waals surface area contributed by atoms with Crippen molar-refractivity contribution in [3.63, 3.8) is 0 Å². The van der Waals surface area contributed by atoms with E-state index in [1.54, 1.807) is 55.5 Å². The van der Waals surface area contributed by atoms with E-state index in [-0.39, 0.29) is 36.8 Å². The summed E-state index contributed by atoms with van der Waals surface area (Å²) in [7, 11) is 0. The normalized spacial score (nSPS) is 23.4. The molecule has 0 saturated heterocycles. The zero-order valence-electron chi connectivity index (χ0n) is 20.6. The number of ether oxygens (including phenoxy) is 1. The van der Waals surface area contributed by atoms with Crippen molar-refractivity contribution < 1.29 is 23.9 Å². The minimum absolute atomic E-state index is 0.00692. The van der Waals surface area contributed by atoms with E-state index in [4.69, 9.17) is 4.74 Å². The molecule has 1 aliphatic rings. The van der Waals surface area contributed by atoms with Crippen LogP contribution in [0.5, 0.6) is 0 Å². The molecule has 0 spiro atoms. The quantitative estimate of drug-likeness (QED) is 0.234. The van der Waals surface area contributed by atoms with Crippen LogP contribution in [0.4, 0.5) is 0 Å². The average Bonchev–Trinajstić information content (AvgIpc) is 2.93. The van der Waals surface area contributed by atoms with Crippen molar-refractivity contribution in [2.45, 2.75) is 32.6 Å². The molecular formula is C31H30O5. The lowest BCUT2D eigenvalue weighted by atomic mass is 9.55. The molecule has 0 aliphatic heterocycles. The molecule has 0 bridgehead atoms. The zero-order chi connectivity index (χ0) is 25.7. The first-order valence-electron chi connectivity index (χ1n) is 12.3. The first-order valence-corrected chi connectivity index (χ1v) is 12.3. The molecule has 1 aliphatic carbocycles. The monoisotopic (exact) mass is 482 g/mol. The lowest BCUT2D eigenvalue weighted by molar-refractivity contribution is -0.163. The maximum Gasteiger partial charge on any atom is 0.319 e. The Balaban J connectivity index is 1.92. The molecule has 3 aromatic carbocycles. The molecule has 5 nitrogen and oxygen atoms in total. The molecule has 36 heavy (non-hydrogen) atoms. The fourth-order valence-corrected chi connectivity index (χ4v) is 5.52. The lowest BCUT2D eigenvalue weighted by Crippen LogP contribution is -2.51. The standard InChI is InChI=1S/C31H30O5/c1-3-36-30(35)31(21(2)32)19-25(28(33)23-15-9-5-10-16-23)27(22-13-7-4-8-14-22)26(20-31)29(34)24-17-11-6-12-18-24/h4-18,25-27H,3,19-20H2,1-2H3/t25-,26-,27?,31?/m1/s1. The van der Waals surface area contributed by atoms with Crippen molar-refractivity contribution in [2.75, 3.05) is 6.61 Å². The van der Waals surface area contributed by atoms with Gasteiger partial charge in [-0.15, -0.1) is 0 Å². The molecule has 184 valence electrons. The Labute approximate surface area is 211 Å². The predicted molar refractivity (Wildman–Crippen MR) is 137 cm³/mol. The van der Waals surface area contributed by atoms with Gasteiger partial charge in [-0.1, -0.05) is 91.0 Å². The van der Waals surface area contributed by atoms with Crippen molar-refractivity contribution in [1.82, 2.24) is 0 Å². The Bertz CT molecular complexity index is 1170. The summed E-state index contributed by atoms with van der Waals surface area (Å²) in [6.45, 7) is 3.14. The van der Waals surface area contributed by atoms with Gasteiger partial charge in [-0.3, -0.25) is 19.2 Å². The van der Waals surface area contributed by atoms with Gasteiger partial charge in [0.2, 0.25) is 0 Å². The minimum Gasteiger partial charge on any atom is -0.465 e. The van der Waals surface area contributed by atoms with E-state index in [9.17, 15) is 19.2 Å². The molecule has 0 unspecified atom stereocenters. The van der Waals surface area contributed by atoms with Crippen LogP contribution in [0.15, 0.2) is 91.0 Å². The molecule has 0 amide bonds. The molecular weight excluding hydrogens is 452 g/mol. The molecule has 5 heteroatoms. The Hall–Kier alpha value is -3.86. The average molecular weight is 483 g/mol. The highest BCUT2D eigenvalue weighted by Crippen LogP contribution is 2.53. The van der Waals surface area contributed by atoms with Crippen molar-refractivity contribution in [3.8, 4) is 0 Å². The summed E-state index contributed by atoms with van der Waals surface area (Å²) >= 11 is 0. The second-order valence-electron chi connectivity index (χ2n) is 9.38. The number of ketones is 3. The highest BCUT2D eigenvalue weighted by atomic mass is 16.5. The SMILES string of the molecule is CCOC(=O)C1(C(C)=O)C[C@@H](C(=O)c2ccccc2)C(c2ccccc2)[C@H](C(=O)c2ccccc2)C1.